The Morgan fingerprint density at radius 1 is 1.57 bits per heavy atom. The second-order valence-electron chi connectivity index (χ2n) is 3.28. The highest BCUT2D eigenvalue weighted by Gasteiger charge is 2.21. The molecule has 4 heteroatoms. The van der Waals surface area contributed by atoms with Gasteiger partial charge in [0.2, 0.25) is 0 Å². The molecule has 0 aliphatic heterocycles. The molecule has 0 radical (unpaired) electrons. The molecule has 0 unspecified atom stereocenters. The number of carboxylic acids is 1. The molecule has 2 atom stereocenters. The first-order chi connectivity index (χ1) is 6.52. The van der Waals surface area contributed by atoms with E-state index >= 15 is 0 Å². The van der Waals surface area contributed by atoms with Crippen molar-refractivity contribution in [3.05, 3.63) is 35.4 Å². The van der Waals surface area contributed by atoms with Crippen LogP contribution in [0.3, 0.4) is 0 Å². The summed E-state index contributed by atoms with van der Waals surface area (Å²) in [4.78, 5) is 10.4. The molecular weight excluding hydrogens is 182 g/mol. The van der Waals surface area contributed by atoms with Gasteiger partial charge in [-0.1, -0.05) is 29.8 Å². The number of carbonyl (C=O) groups excluding carboxylic acids is 1. The van der Waals surface area contributed by atoms with Crippen LogP contribution in [-0.2, 0) is 4.79 Å². The van der Waals surface area contributed by atoms with E-state index in [1.54, 1.807) is 18.2 Å². The largest absolute Gasteiger partial charge is 0.547 e. The molecule has 76 valence electrons. The van der Waals surface area contributed by atoms with Crippen LogP contribution in [0.4, 0.5) is 0 Å². The average Bonchev–Trinajstić information content (AvgIpc) is 2.15. The summed E-state index contributed by atoms with van der Waals surface area (Å²) in [6.45, 7) is 1.89. The van der Waals surface area contributed by atoms with Crippen molar-refractivity contribution in [2.24, 2.45) is 0 Å². The molecule has 0 heterocycles. The van der Waals surface area contributed by atoms with Crippen molar-refractivity contribution in [2.75, 3.05) is 0 Å². The maximum atomic E-state index is 10.4. The second kappa shape index (κ2) is 4.21. The molecule has 0 aliphatic carbocycles. The molecule has 1 rings (SSSR count). The molecule has 0 fully saturated rings. The number of rotatable bonds is 3. The summed E-state index contributed by atoms with van der Waals surface area (Å²) in [5.74, 6) is -1.49. The predicted octanol–water partition coefficient (Wildman–Crippen LogP) is -1.61. The average molecular weight is 195 g/mol. The minimum atomic E-state index is -1.56. The number of hydrogen-bond donors (Lipinski definition) is 2. The van der Waals surface area contributed by atoms with Crippen LogP contribution in [0, 0.1) is 6.92 Å². The first kappa shape index (κ1) is 10.7. The Kier molecular flexibility index (Phi) is 3.22. The van der Waals surface area contributed by atoms with Gasteiger partial charge < -0.3 is 20.7 Å². The number of quaternary nitrogens is 1. The van der Waals surface area contributed by atoms with Crippen molar-refractivity contribution >= 4 is 5.97 Å². The van der Waals surface area contributed by atoms with Gasteiger partial charge in [-0.3, -0.25) is 0 Å². The van der Waals surface area contributed by atoms with Gasteiger partial charge in [0.05, 0.1) is 5.97 Å². The number of aliphatic hydroxyl groups excluding tert-OH is 1. The lowest BCUT2D eigenvalue weighted by Crippen LogP contribution is -2.62. The lowest BCUT2D eigenvalue weighted by molar-refractivity contribution is -0.448. The topological polar surface area (TPSA) is 88.0 Å². The SMILES string of the molecule is Cc1cccc([C@@H]([NH3+])[C@@H](O)C(=O)[O-])c1. The summed E-state index contributed by atoms with van der Waals surface area (Å²) in [7, 11) is 0. The van der Waals surface area contributed by atoms with Crippen LogP contribution < -0.4 is 10.8 Å². The molecule has 4 N–H and O–H groups in total. The standard InChI is InChI=1S/C10H13NO3/c1-6-3-2-4-7(5-6)8(11)9(12)10(13)14/h2-5,8-9,12H,11H2,1H3,(H,13,14)/t8-,9-/m1/s1. The molecule has 0 saturated heterocycles. The zero-order chi connectivity index (χ0) is 10.7. The number of benzene rings is 1. The monoisotopic (exact) mass is 195 g/mol. The lowest BCUT2D eigenvalue weighted by Gasteiger charge is -2.17. The summed E-state index contributed by atoms with van der Waals surface area (Å²) in [5, 5.41) is 19.6. The van der Waals surface area contributed by atoms with E-state index in [1.807, 2.05) is 13.0 Å². The second-order valence-corrected chi connectivity index (χ2v) is 3.28. The minimum Gasteiger partial charge on any atom is -0.547 e. The zero-order valence-electron chi connectivity index (χ0n) is 7.93. The number of aliphatic hydroxyl groups is 1. The quantitative estimate of drug-likeness (QED) is 0.608. The van der Waals surface area contributed by atoms with Gasteiger partial charge in [-0.05, 0) is 6.92 Å². The molecule has 1 aromatic carbocycles. The van der Waals surface area contributed by atoms with Crippen molar-refractivity contribution in [1.82, 2.24) is 0 Å². The van der Waals surface area contributed by atoms with Crippen LogP contribution in [0.1, 0.15) is 17.2 Å². The summed E-state index contributed by atoms with van der Waals surface area (Å²) < 4.78 is 0. The fourth-order valence-electron chi connectivity index (χ4n) is 1.25. The molecule has 0 aromatic heterocycles. The summed E-state index contributed by atoms with van der Waals surface area (Å²) >= 11 is 0. The fraction of sp³-hybridized carbons (Fsp3) is 0.300. The van der Waals surface area contributed by atoms with Gasteiger partial charge in [-0.25, -0.2) is 0 Å². The van der Waals surface area contributed by atoms with Crippen LogP contribution in [0.2, 0.25) is 0 Å². The Morgan fingerprint density at radius 2 is 2.21 bits per heavy atom. The van der Waals surface area contributed by atoms with E-state index in [1.165, 1.54) is 0 Å². The van der Waals surface area contributed by atoms with Crippen molar-refractivity contribution in [1.29, 1.82) is 0 Å². The Hall–Kier alpha value is -1.39. The van der Waals surface area contributed by atoms with E-state index in [-0.39, 0.29) is 0 Å². The Labute approximate surface area is 82.0 Å². The van der Waals surface area contributed by atoms with Crippen LogP contribution in [-0.4, -0.2) is 17.2 Å². The molecule has 0 spiro atoms. The van der Waals surface area contributed by atoms with Crippen LogP contribution in [0.15, 0.2) is 24.3 Å². The molecular formula is C10H13NO3. The summed E-state index contributed by atoms with van der Waals surface area (Å²) in [5.41, 5.74) is 5.30. The van der Waals surface area contributed by atoms with Gasteiger partial charge in [0.1, 0.15) is 12.1 Å². The normalized spacial score (nSPS) is 14.8. The third kappa shape index (κ3) is 2.31. The number of hydrogen-bond acceptors (Lipinski definition) is 3. The van der Waals surface area contributed by atoms with Crippen LogP contribution in [0.5, 0.6) is 0 Å². The van der Waals surface area contributed by atoms with Gasteiger partial charge in [0.25, 0.3) is 0 Å². The van der Waals surface area contributed by atoms with E-state index in [4.69, 9.17) is 0 Å². The molecule has 0 bridgehead atoms. The lowest BCUT2D eigenvalue weighted by atomic mass is 10.0. The molecule has 0 aliphatic rings. The van der Waals surface area contributed by atoms with Gasteiger partial charge in [0, 0.05) is 5.56 Å². The van der Waals surface area contributed by atoms with E-state index in [9.17, 15) is 15.0 Å². The Bertz CT molecular complexity index is 338. The highest BCUT2D eigenvalue weighted by atomic mass is 16.4. The third-order valence-corrected chi connectivity index (χ3v) is 2.09. The van der Waals surface area contributed by atoms with Crippen molar-refractivity contribution in [2.45, 2.75) is 19.1 Å². The smallest absolute Gasteiger partial charge is 0.149 e. The zero-order valence-corrected chi connectivity index (χ0v) is 7.93. The van der Waals surface area contributed by atoms with Gasteiger partial charge in [-0.15, -0.1) is 0 Å². The summed E-state index contributed by atoms with van der Waals surface area (Å²) in [6.07, 6.45) is -1.56. The van der Waals surface area contributed by atoms with Crippen LogP contribution >= 0.6 is 0 Å². The van der Waals surface area contributed by atoms with Crippen molar-refractivity contribution in [3.8, 4) is 0 Å². The number of aliphatic carboxylic acids is 1. The van der Waals surface area contributed by atoms with Gasteiger partial charge >= 0.3 is 0 Å². The number of carbonyl (C=O) groups is 1. The van der Waals surface area contributed by atoms with Crippen molar-refractivity contribution < 1.29 is 20.7 Å². The van der Waals surface area contributed by atoms with Gasteiger partial charge in [-0.2, -0.15) is 0 Å². The Morgan fingerprint density at radius 3 is 2.71 bits per heavy atom. The van der Waals surface area contributed by atoms with Gasteiger partial charge in [0.15, 0.2) is 0 Å². The highest BCUT2D eigenvalue weighted by Crippen LogP contribution is 2.13. The molecule has 0 saturated carbocycles. The summed E-state index contributed by atoms with van der Waals surface area (Å²) in [6, 6.07) is 6.52. The van der Waals surface area contributed by atoms with E-state index in [2.05, 4.69) is 5.73 Å². The molecule has 1 aromatic rings. The predicted molar refractivity (Wildman–Crippen MR) is 47.8 cm³/mol. The fourth-order valence-corrected chi connectivity index (χ4v) is 1.25. The number of aryl methyl sites for hydroxylation is 1. The van der Waals surface area contributed by atoms with E-state index in [0.29, 0.717) is 5.56 Å². The first-order valence-corrected chi connectivity index (χ1v) is 4.31. The number of carboxylic acid groups (broad SMARTS) is 1. The van der Waals surface area contributed by atoms with E-state index in [0.717, 1.165) is 5.56 Å². The maximum Gasteiger partial charge on any atom is 0.149 e. The minimum absolute atomic E-state index is 0.695. The molecule has 0 amide bonds. The highest BCUT2D eigenvalue weighted by molar-refractivity contribution is 5.70. The van der Waals surface area contributed by atoms with Crippen LogP contribution in [0.25, 0.3) is 0 Å². The molecule has 14 heavy (non-hydrogen) atoms. The van der Waals surface area contributed by atoms with E-state index < -0.39 is 18.1 Å². The third-order valence-electron chi connectivity index (χ3n) is 2.09. The van der Waals surface area contributed by atoms with Crippen molar-refractivity contribution in [3.63, 3.8) is 0 Å². The Balaban J connectivity index is 2.89. The first-order valence-electron chi connectivity index (χ1n) is 4.31. The maximum absolute atomic E-state index is 10.4. The molecule has 4 nitrogen and oxygen atoms in total.